The van der Waals surface area contributed by atoms with Crippen molar-refractivity contribution in [3.63, 3.8) is 0 Å². The zero-order chi connectivity index (χ0) is 64.0. The van der Waals surface area contributed by atoms with Gasteiger partial charge >= 0.3 is 5.97 Å². The second-order valence-corrected chi connectivity index (χ2v) is 22.1. The standard InChI is InChI=1S/C36H35N3O6.C19H21NO4.C16H15N3O3/c1-23-4-7-27(8-5-23)39-22-25(16-24-11-14-44-15-12-24)17-30(36(39)41)32(40)18-26-6-9-28(21-38-26)45-33-10-13-37-31-20-35(43-3)34(42-2)19-29(31)33;1-13-2-4-16(5-3-13)20-12-15(10-14-6-8-24-9-7-14)11-17(18(20)21)19(22)23;1-20-14-7-11-12(8-15(14)21-2)18-6-5-13(11)22-10-3-4-16(17)19-9-10/h4-10,13,17,19-22,24H,11-12,14-16,18H2,1-3H3;2-5,11-12,14H,6-10H2,1H3,(H,22,23);3-9H,1-2H3,(H2,17,19). The number of carboxylic acids is 1. The molecule has 2 aliphatic rings. The predicted molar refractivity (Wildman–Crippen MR) is 346 cm³/mol. The lowest BCUT2D eigenvalue weighted by atomic mass is 9.92. The molecule has 20 nitrogen and oxygen atoms in total. The van der Waals surface area contributed by atoms with Crippen LogP contribution in [0.5, 0.6) is 46.0 Å². The number of methoxy groups -OCH3 is 4. The van der Waals surface area contributed by atoms with Gasteiger partial charge in [0.2, 0.25) is 0 Å². The van der Waals surface area contributed by atoms with Gasteiger partial charge in [-0.05, 0) is 160 Å². The van der Waals surface area contributed by atoms with Crippen molar-refractivity contribution < 1.29 is 52.6 Å². The summed E-state index contributed by atoms with van der Waals surface area (Å²) in [6, 6.07) is 36.2. The maximum atomic E-state index is 13.6. The molecule has 12 rings (SSSR count). The Morgan fingerprint density at radius 1 is 0.527 bits per heavy atom. The van der Waals surface area contributed by atoms with E-state index in [-0.39, 0.29) is 28.9 Å². The highest BCUT2D eigenvalue weighted by molar-refractivity contribution is 5.97. The van der Waals surface area contributed by atoms with Crippen LogP contribution in [0.4, 0.5) is 5.82 Å². The van der Waals surface area contributed by atoms with Crippen molar-refractivity contribution in [3.05, 3.63) is 218 Å². The number of nitrogens with two attached hydrogens (primary N) is 1. The molecule has 0 spiro atoms. The molecule has 4 aromatic carbocycles. The van der Waals surface area contributed by atoms with Crippen molar-refractivity contribution in [3.8, 4) is 57.4 Å². The largest absolute Gasteiger partial charge is 0.493 e. The maximum Gasteiger partial charge on any atom is 0.341 e. The van der Waals surface area contributed by atoms with Crippen LogP contribution in [0.3, 0.4) is 0 Å². The van der Waals surface area contributed by atoms with Crippen molar-refractivity contribution in [1.29, 1.82) is 0 Å². The quantitative estimate of drug-likeness (QED) is 0.0758. The molecule has 8 heterocycles. The average molecular weight is 1230 g/mol. The summed E-state index contributed by atoms with van der Waals surface area (Å²) in [5.74, 6) is 4.57. The van der Waals surface area contributed by atoms with Gasteiger partial charge in [-0.3, -0.25) is 38.5 Å². The first-order valence-electron chi connectivity index (χ1n) is 29.8. The Morgan fingerprint density at radius 3 is 1.37 bits per heavy atom. The molecule has 91 heavy (non-hydrogen) atoms. The summed E-state index contributed by atoms with van der Waals surface area (Å²) in [5, 5.41) is 10.9. The highest BCUT2D eigenvalue weighted by Crippen LogP contribution is 2.39. The molecule has 6 aromatic heterocycles. The lowest BCUT2D eigenvalue weighted by Crippen LogP contribution is -2.27. The fraction of sp³-hybridized carbons (Fsp3) is 0.268. The molecule has 10 aromatic rings. The van der Waals surface area contributed by atoms with Crippen molar-refractivity contribution >= 4 is 39.4 Å². The van der Waals surface area contributed by atoms with Crippen LogP contribution in [0.15, 0.2) is 168 Å². The van der Waals surface area contributed by atoms with Gasteiger partial charge in [0, 0.05) is 91.2 Å². The Balaban J connectivity index is 0.000000166. The van der Waals surface area contributed by atoms with E-state index in [1.54, 1.807) is 113 Å². The van der Waals surface area contributed by atoms with E-state index >= 15 is 0 Å². The Morgan fingerprint density at radius 2 is 0.956 bits per heavy atom. The summed E-state index contributed by atoms with van der Waals surface area (Å²) < 4.78 is 47.4. The highest BCUT2D eigenvalue weighted by atomic mass is 16.5. The monoisotopic (exact) mass is 1230 g/mol. The second kappa shape index (κ2) is 29.7. The Kier molecular flexibility index (Phi) is 20.8. The van der Waals surface area contributed by atoms with E-state index in [2.05, 4.69) is 19.9 Å². The Bertz CT molecular complexity index is 4300. The van der Waals surface area contributed by atoms with Crippen LogP contribution >= 0.6 is 0 Å². The third-order valence-corrected chi connectivity index (χ3v) is 15.8. The fourth-order valence-electron chi connectivity index (χ4n) is 10.8. The lowest BCUT2D eigenvalue weighted by Gasteiger charge is -2.22. The van der Waals surface area contributed by atoms with Gasteiger partial charge in [-0.1, -0.05) is 35.4 Å². The van der Waals surface area contributed by atoms with Crippen molar-refractivity contribution in [2.45, 2.75) is 58.8 Å². The first-order valence-corrected chi connectivity index (χ1v) is 29.8. The van der Waals surface area contributed by atoms with Crippen LogP contribution in [0.2, 0.25) is 0 Å². The van der Waals surface area contributed by atoms with Crippen LogP contribution < -0.4 is 45.3 Å². The van der Waals surface area contributed by atoms with Crippen molar-refractivity contribution in [2.24, 2.45) is 11.8 Å². The number of hydrogen-bond donors (Lipinski definition) is 2. The van der Waals surface area contributed by atoms with Crippen molar-refractivity contribution in [1.82, 2.24) is 29.1 Å². The molecule has 468 valence electrons. The van der Waals surface area contributed by atoms with Gasteiger partial charge in [0.1, 0.15) is 34.4 Å². The van der Waals surface area contributed by atoms with Gasteiger partial charge in [0.05, 0.1) is 63.9 Å². The maximum absolute atomic E-state index is 13.6. The topological polar surface area (TPSA) is 250 Å². The minimum absolute atomic E-state index is 0.0146. The molecule has 2 fully saturated rings. The number of aryl methyl sites for hydroxylation is 2. The number of pyridine rings is 6. The molecule has 0 bridgehead atoms. The molecule has 0 amide bonds. The summed E-state index contributed by atoms with van der Waals surface area (Å²) in [6.07, 6.45) is 15.5. The number of carboxylic acid groups (broad SMARTS) is 1. The molecule has 0 saturated carbocycles. The van der Waals surface area contributed by atoms with Crippen LogP contribution in [0, 0.1) is 25.7 Å². The van der Waals surface area contributed by atoms with E-state index in [9.17, 15) is 24.3 Å². The number of carbonyl (C=O) groups is 2. The second-order valence-electron chi connectivity index (χ2n) is 22.1. The zero-order valence-electron chi connectivity index (χ0n) is 51.6. The summed E-state index contributed by atoms with van der Waals surface area (Å²) in [7, 11) is 6.32. The molecule has 20 heteroatoms. The number of benzene rings is 4. The SMILES string of the molecule is COc1cc2nccc(Oc3ccc(CC(=O)c4cc(CC5CCOCC5)cn(-c5ccc(C)cc5)c4=O)nc3)c2cc1OC.COc1cc2nccc(Oc3ccc(N)nc3)c2cc1OC.Cc1ccc(-n2cc(CC3CCOCC3)cc(C(=O)O)c2=O)cc1. The summed E-state index contributed by atoms with van der Waals surface area (Å²) in [4.78, 5) is 68.5. The van der Waals surface area contributed by atoms with Gasteiger partial charge in [0.25, 0.3) is 11.1 Å². The number of rotatable bonds is 18. The fourth-order valence-corrected chi connectivity index (χ4v) is 10.8. The van der Waals surface area contributed by atoms with E-state index in [1.807, 2.05) is 86.8 Å². The van der Waals surface area contributed by atoms with E-state index in [0.717, 1.165) is 109 Å². The van der Waals surface area contributed by atoms with E-state index in [4.69, 9.17) is 43.6 Å². The minimum Gasteiger partial charge on any atom is -0.493 e. The molecule has 0 aliphatic carbocycles. The number of Topliss-reactive ketones (excluding diaryl/α,β-unsaturated/α-hetero) is 1. The van der Waals surface area contributed by atoms with Gasteiger partial charge in [-0.15, -0.1) is 0 Å². The molecule has 0 unspecified atom stereocenters. The number of hydrogen-bond acceptors (Lipinski definition) is 17. The molecule has 3 N–H and O–H groups in total. The lowest BCUT2D eigenvalue weighted by molar-refractivity contribution is 0.0661. The molecule has 0 atom stereocenters. The third-order valence-electron chi connectivity index (χ3n) is 15.8. The summed E-state index contributed by atoms with van der Waals surface area (Å²) in [6.45, 7) is 6.93. The number of anilines is 1. The number of fused-ring (bicyclic) bond motifs is 2. The third kappa shape index (κ3) is 15.9. The van der Waals surface area contributed by atoms with Crippen LogP contribution in [-0.4, -0.2) is 101 Å². The van der Waals surface area contributed by atoms with Crippen LogP contribution in [0.1, 0.15) is 74.3 Å². The van der Waals surface area contributed by atoms with Gasteiger partial charge in [0.15, 0.2) is 28.8 Å². The van der Waals surface area contributed by atoms with Crippen LogP contribution in [0.25, 0.3) is 33.2 Å². The van der Waals surface area contributed by atoms with Gasteiger partial charge < -0.3 is 48.7 Å². The van der Waals surface area contributed by atoms with E-state index < -0.39 is 11.5 Å². The molecular formula is C71H71N7O13. The summed E-state index contributed by atoms with van der Waals surface area (Å²) >= 11 is 0. The number of ketones is 1. The minimum atomic E-state index is -1.19. The van der Waals surface area contributed by atoms with E-state index in [0.29, 0.717) is 80.5 Å². The predicted octanol–water partition coefficient (Wildman–Crippen LogP) is 12.1. The van der Waals surface area contributed by atoms with E-state index in [1.165, 1.54) is 10.6 Å². The summed E-state index contributed by atoms with van der Waals surface area (Å²) in [5.41, 5.74) is 12.1. The zero-order valence-corrected chi connectivity index (χ0v) is 51.6. The number of aromatic nitrogens is 6. The van der Waals surface area contributed by atoms with Crippen LogP contribution in [-0.2, 0) is 28.7 Å². The van der Waals surface area contributed by atoms with Gasteiger partial charge in [-0.2, -0.15) is 0 Å². The number of nitrogen functional groups attached to an aromatic ring is 1. The number of nitrogens with zero attached hydrogens (tertiary/aromatic N) is 6. The normalized spacial score (nSPS) is 13.3. The molecule has 0 radical (unpaired) electrons. The molecule has 2 aliphatic heterocycles. The molecule has 2 saturated heterocycles. The first kappa shape index (κ1) is 63.6. The number of ether oxygens (including phenoxy) is 8. The Hall–Kier alpha value is -10.4. The number of carbonyl (C=O) groups excluding carboxylic acids is 1. The Labute approximate surface area is 525 Å². The van der Waals surface area contributed by atoms with Crippen molar-refractivity contribution in [2.75, 3.05) is 60.6 Å². The average Bonchev–Trinajstić information content (AvgIpc) is 1.12. The highest BCUT2D eigenvalue weighted by Gasteiger charge is 2.23. The smallest absolute Gasteiger partial charge is 0.341 e. The number of aromatic carboxylic acids is 1. The molecular weight excluding hydrogens is 1160 g/mol. The van der Waals surface area contributed by atoms with Gasteiger partial charge in [-0.25, -0.2) is 9.78 Å². The first-order chi connectivity index (χ1) is 44.2.